The third-order valence-electron chi connectivity index (χ3n) is 5.03. The number of methoxy groups -OCH3 is 2. The van der Waals surface area contributed by atoms with Crippen LogP contribution in [-0.2, 0) is 9.59 Å². The van der Waals surface area contributed by atoms with Crippen molar-refractivity contribution in [3.8, 4) is 11.5 Å². The molecule has 4 rings (SSSR count). The summed E-state index contributed by atoms with van der Waals surface area (Å²) in [6.45, 7) is 0.302. The van der Waals surface area contributed by atoms with Crippen molar-refractivity contribution in [2.45, 2.75) is 6.42 Å². The first-order valence-electron chi connectivity index (χ1n) is 9.00. The van der Waals surface area contributed by atoms with Crippen molar-refractivity contribution >= 4 is 34.1 Å². The van der Waals surface area contributed by atoms with Crippen LogP contribution >= 0.6 is 0 Å². The van der Waals surface area contributed by atoms with Gasteiger partial charge in [0.2, 0.25) is 11.8 Å². The first kappa shape index (κ1) is 17.9. The molecule has 2 amide bonds. The van der Waals surface area contributed by atoms with Gasteiger partial charge in [0.15, 0.2) is 0 Å². The van der Waals surface area contributed by atoms with Gasteiger partial charge in [0.25, 0.3) is 0 Å². The largest absolute Gasteiger partial charge is 0.497 e. The zero-order valence-corrected chi connectivity index (χ0v) is 15.7. The molecule has 28 heavy (non-hydrogen) atoms. The zero-order valence-electron chi connectivity index (χ0n) is 15.7. The molecular weight excluding hydrogens is 358 g/mol. The Morgan fingerprint density at radius 1 is 1.18 bits per heavy atom. The number of aromatic amines is 1. The lowest BCUT2D eigenvalue weighted by atomic mass is 10.1. The number of H-pyrrole nitrogens is 1. The highest BCUT2D eigenvalue weighted by Gasteiger charge is 2.36. The van der Waals surface area contributed by atoms with E-state index < -0.39 is 5.92 Å². The van der Waals surface area contributed by atoms with Gasteiger partial charge in [-0.15, -0.1) is 0 Å². The minimum Gasteiger partial charge on any atom is -0.497 e. The molecule has 1 unspecified atom stereocenters. The lowest BCUT2D eigenvalue weighted by Crippen LogP contribution is -2.28. The fraction of sp³-hybridized carbons (Fsp3) is 0.238. The SMILES string of the molecule is COc1ccc(N2CC(C(=O)Nc3cccc4[nH]ccc34)CC2=O)c(OC)c1. The number of benzene rings is 2. The number of nitrogens with one attached hydrogen (secondary N) is 2. The number of amides is 2. The lowest BCUT2D eigenvalue weighted by molar-refractivity contribution is -0.122. The third kappa shape index (κ3) is 3.15. The lowest BCUT2D eigenvalue weighted by Gasteiger charge is -2.20. The Bertz CT molecular complexity index is 1040. The molecule has 7 nitrogen and oxygen atoms in total. The molecule has 1 fully saturated rings. The summed E-state index contributed by atoms with van der Waals surface area (Å²) in [6.07, 6.45) is 1.99. The van der Waals surface area contributed by atoms with Gasteiger partial charge in [0.1, 0.15) is 11.5 Å². The fourth-order valence-corrected chi connectivity index (χ4v) is 3.55. The highest BCUT2D eigenvalue weighted by atomic mass is 16.5. The van der Waals surface area contributed by atoms with E-state index in [0.717, 1.165) is 16.6 Å². The van der Waals surface area contributed by atoms with Crippen LogP contribution in [0.2, 0.25) is 0 Å². The van der Waals surface area contributed by atoms with Gasteiger partial charge in [-0.1, -0.05) is 6.07 Å². The molecule has 0 saturated carbocycles. The molecule has 144 valence electrons. The Morgan fingerprint density at radius 3 is 2.82 bits per heavy atom. The number of ether oxygens (including phenoxy) is 2. The topological polar surface area (TPSA) is 83.7 Å². The van der Waals surface area contributed by atoms with Gasteiger partial charge in [-0.3, -0.25) is 9.59 Å². The third-order valence-corrected chi connectivity index (χ3v) is 5.03. The van der Waals surface area contributed by atoms with Crippen LogP contribution in [0, 0.1) is 5.92 Å². The fourth-order valence-electron chi connectivity index (χ4n) is 3.55. The van der Waals surface area contributed by atoms with Crippen molar-refractivity contribution in [2.75, 3.05) is 31.0 Å². The van der Waals surface area contributed by atoms with Crippen molar-refractivity contribution in [2.24, 2.45) is 5.92 Å². The molecule has 1 saturated heterocycles. The minimum absolute atomic E-state index is 0.108. The molecule has 2 heterocycles. The summed E-state index contributed by atoms with van der Waals surface area (Å²) >= 11 is 0. The number of carbonyl (C=O) groups is 2. The highest BCUT2D eigenvalue weighted by Crippen LogP contribution is 2.36. The molecule has 0 spiro atoms. The van der Waals surface area contributed by atoms with Crippen LogP contribution in [0.1, 0.15) is 6.42 Å². The molecule has 1 atom stereocenters. The van der Waals surface area contributed by atoms with E-state index in [1.807, 2.05) is 30.5 Å². The predicted octanol–water partition coefficient (Wildman–Crippen LogP) is 3.18. The van der Waals surface area contributed by atoms with Crippen molar-refractivity contribution in [1.29, 1.82) is 0 Å². The Morgan fingerprint density at radius 2 is 2.04 bits per heavy atom. The van der Waals surface area contributed by atoms with Gasteiger partial charge in [-0.2, -0.15) is 0 Å². The molecule has 1 aliphatic heterocycles. The van der Waals surface area contributed by atoms with Crippen LogP contribution in [0.4, 0.5) is 11.4 Å². The molecule has 0 bridgehead atoms. The van der Waals surface area contributed by atoms with Crippen LogP contribution in [0.15, 0.2) is 48.7 Å². The molecule has 7 heteroatoms. The standard InChI is InChI=1S/C21H21N3O4/c1-27-14-6-7-18(19(11-14)28-2)24-12-13(10-20(24)25)21(26)23-17-5-3-4-16-15(17)8-9-22-16/h3-9,11,13,22H,10,12H2,1-2H3,(H,23,26). The zero-order chi connectivity index (χ0) is 19.7. The van der Waals surface area contributed by atoms with E-state index >= 15 is 0 Å². The van der Waals surface area contributed by atoms with E-state index in [-0.39, 0.29) is 18.2 Å². The number of nitrogens with zero attached hydrogens (tertiary/aromatic N) is 1. The second kappa shape index (κ2) is 7.26. The quantitative estimate of drug-likeness (QED) is 0.713. The number of anilines is 2. The number of fused-ring (bicyclic) bond motifs is 1. The molecule has 3 aromatic rings. The van der Waals surface area contributed by atoms with E-state index in [2.05, 4.69) is 10.3 Å². The second-order valence-corrected chi connectivity index (χ2v) is 6.68. The van der Waals surface area contributed by atoms with Crippen molar-refractivity contribution in [1.82, 2.24) is 4.98 Å². The molecule has 0 aliphatic carbocycles. The van der Waals surface area contributed by atoms with E-state index in [1.54, 1.807) is 37.3 Å². The summed E-state index contributed by atoms with van der Waals surface area (Å²) in [5.41, 5.74) is 2.32. The maximum absolute atomic E-state index is 12.8. The van der Waals surface area contributed by atoms with E-state index in [0.29, 0.717) is 23.7 Å². The normalized spacial score (nSPS) is 16.4. The van der Waals surface area contributed by atoms with Gasteiger partial charge < -0.3 is 24.7 Å². The number of rotatable bonds is 5. The maximum Gasteiger partial charge on any atom is 0.229 e. The molecule has 2 N–H and O–H groups in total. The Kier molecular flexibility index (Phi) is 4.65. The summed E-state index contributed by atoms with van der Waals surface area (Å²) in [5, 5.41) is 3.90. The number of hydrogen-bond donors (Lipinski definition) is 2. The summed E-state index contributed by atoms with van der Waals surface area (Å²) < 4.78 is 10.6. The maximum atomic E-state index is 12.8. The first-order valence-corrected chi connectivity index (χ1v) is 9.00. The van der Waals surface area contributed by atoms with Crippen LogP contribution in [-0.4, -0.2) is 37.6 Å². The van der Waals surface area contributed by atoms with Gasteiger partial charge in [0.05, 0.1) is 31.5 Å². The molecule has 2 aromatic carbocycles. The van der Waals surface area contributed by atoms with Crippen LogP contribution in [0.25, 0.3) is 10.9 Å². The smallest absolute Gasteiger partial charge is 0.229 e. The van der Waals surface area contributed by atoms with Gasteiger partial charge in [-0.25, -0.2) is 0 Å². The van der Waals surface area contributed by atoms with Gasteiger partial charge in [0, 0.05) is 36.1 Å². The molecule has 1 aliphatic rings. The van der Waals surface area contributed by atoms with E-state index in [4.69, 9.17) is 9.47 Å². The molecule has 0 radical (unpaired) electrons. The Labute approximate surface area is 162 Å². The molecular formula is C21H21N3O4. The van der Waals surface area contributed by atoms with Crippen molar-refractivity contribution in [3.63, 3.8) is 0 Å². The summed E-state index contributed by atoms with van der Waals surface area (Å²) in [4.78, 5) is 30.1. The Hall–Kier alpha value is -3.48. The summed E-state index contributed by atoms with van der Waals surface area (Å²) in [5.74, 6) is 0.459. The van der Waals surface area contributed by atoms with Gasteiger partial charge in [-0.05, 0) is 30.3 Å². The average Bonchev–Trinajstić information content (AvgIpc) is 3.34. The summed E-state index contributed by atoms with van der Waals surface area (Å²) in [7, 11) is 3.11. The average molecular weight is 379 g/mol. The minimum atomic E-state index is -0.437. The monoisotopic (exact) mass is 379 g/mol. The van der Waals surface area contributed by atoms with Crippen LogP contribution < -0.4 is 19.7 Å². The summed E-state index contributed by atoms with van der Waals surface area (Å²) in [6, 6.07) is 12.9. The van der Waals surface area contributed by atoms with Crippen LogP contribution in [0.3, 0.4) is 0 Å². The second-order valence-electron chi connectivity index (χ2n) is 6.68. The Balaban J connectivity index is 1.53. The number of hydrogen-bond acceptors (Lipinski definition) is 4. The molecule has 1 aromatic heterocycles. The number of aromatic nitrogens is 1. The predicted molar refractivity (Wildman–Crippen MR) is 107 cm³/mol. The first-order chi connectivity index (χ1) is 13.6. The van der Waals surface area contributed by atoms with Crippen molar-refractivity contribution in [3.05, 3.63) is 48.7 Å². The number of carbonyl (C=O) groups excluding carboxylic acids is 2. The van der Waals surface area contributed by atoms with E-state index in [9.17, 15) is 9.59 Å². The van der Waals surface area contributed by atoms with Crippen molar-refractivity contribution < 1.29 is 19.1 Å². The van der Waals surface area contributed by atoms with E-state index in [1.165, 1.54) is 0 Å². The highest BCUT2D eigenvalue weighted by molar-refractivity contribution is 6.07. The van der Waals surface area contributed by atoms with Crippen LogP contribution in [0.5, 0.6) is 11.5 Å². The van der Waals surface area contributed by atoms with Gasteiger partial charge >= 0.3 is 0 Å².